The molecule has 1 aliphatic carbocycles. The summed E-state index contributed by atoms with van der Waals surface area (Å²) in [6.07, 6.45) is 2.85. The average molecular weight is 286 g/mol. The van der Waals surface area contributed by atoms with Crippen LogP contribution in [0.4, 0.5) is 0 Å². The summed E-state index contributed by atoms with van der Waals surface area (Å²) in [6.45, 7) is 0. The highest BCUT2D eigenvalue weighted by Crippen LogP contribution is 2.41. The highest BCUT2D eigenvalue weighted by atomic mass is 16.5. The summed E-state index contributed by atoms with van der Waals surface area (Å²) in [5.41, 5.74) is 1.66. The number of allylic oxidation sites excluding steroid dienone is 1. The average Bonchev–Trinajstić information content (AvgIpc) is 2.92. The predicted octanol–water partition coefficient (Wildman–Crippen LogP) is 2.10. The van der Waals surface area contributed by atoms with Gasteiger partial charge < -0.3 is 14.6 Å². The second-order valence-electron chi connectivity index (χ2n) is 4.97. The highest BCUT2D eigenvalue weighted by molar-refractivity contribution is 6.18. The van der Waals surface area contributed by atoms with Crippen molar-refractivity contribution < 1.29 is 24.2 Å². The van der Waals surface area contributed by atoms with E-state index < -0.39 is 12.1 Å². The van der Waals surface area contributed by atoms with E-state index in [0.717, 1.165) is 5.56 Å². The number of cyclic esters (lactones) is 1. The molecule has 1 heterocycles. The lowest BCUT2D eigenvalue weighted by Gasteiger charge is -2.29. The summed E-state index contributed by atoms with van der Waals surface area (Å²) >= 11 is 0. The van der Waals surface area contributed by atoms with Crippen LogP contribution in [0.1, 0.15) is 23.5 Å². The van der Waals surface area contributed by atoms with Gasteiger partial charge in [-0.3, -0.25) is 0 Å². The van der Waals surface area contributed by atoms with Gasteiger partial charge in [-0.05, 0) is 17.2 Å². The number of aliphatic hydroxyl groups is 1. The molecular weight excluding hydrogens is 272 g/mol. The molecule has 2 aliphatic rings. The first-order valence-electron chi connectivity index (χ1n) is 6.60. The third-order valence-electron chi connectivity index (χ3n) is 3.79. The van der Waals surface area contributed by atoms with Crippen LogP contribution in [0.5, 0.6) is 0 Å². The molecule has 5 heteroatoms. The van der Waals surface area contributed by atoms with Crippen LogP contribution in [0.3, 0.4) is 0 Å². The number of rotatable bonds is 2. The van der Waals surface area contributed by atoms with Crippen molar-refractivity contribution in [3.63, 3.8) is 0 Å². The Kier molecular flexibility index (Phi) is 3.25. The molecule has 108 valence electrons. The fourth-order valence-electron chi connectivity index (χ4n) is 2.85. The number of benzene rings is 1. The Bertz CT molecular complexity index is 671. The molecule has 0 radical (unpaired) electrons. The van der Waals surface area contributed by atoms with Gasteiger partial charge in [-0.25, -0.2) is 9.59 Å². The Hall–Kier alpha value is -2.56. The van der Waals surface area contributed by atoms with Gasteiger partial charge >= 0.3 is 11.9 Å². The van der Waals surface area contributed by atoms with Crippen molar-refractivity contribution in [1.82, 2.24) is 0 Å². The molecule has 5 nitrogen and oxygen atoms in total. The van der Waals surface area contributed by atoms with Gasteiger partial charge in [0.1, 0.15) is 17.4 Å². The third kappa shape index (κ3) is 2.20. The van der Waals surface area contributed by atoms with Crippen LogP contribution in [0, 0.1) is 0 Å². The molecule has 0 saturated heterocycles. The monoisotopic (exact) mass is 286 g/mol. The van der Waals surface area contributed by atoms with Gasteiger partial charge in [0.15, 0.2) is 0 Å². The van der Waals surface area contributed by atoms with Crippen LogP contribution in [0.2, 0.25) is 0 Å². The Labute approximate surface area is 121 Å². The molecule has 0 saturated carbocycles. The zero-order chi connectivity index (χ0) is 15.0. The summed E-state index contributed by atoms with van der Waals surface area (Å²) in [7, 11) is 1.28. The molecule has 1 N–H and O–H groups in total. The van der Waals surface area contributed by atoms with Crippen molar-refractivity contribution in [2.24, 2.45) is 0 Å². The van der Waals surface area contributed by atoms with E-state index in [1.807, 2.05) is 12.1 Å². The maximum atomic E-state index is 11.9. The number of fused-ring (bicyclic) bond motifs is 1. The fourth-order valence-corrected chi connectivity index (χ4v) is 2.85. The van der Waals surface area contributed by atoms with Gasteiger partial charge in [-0.15, -0.1) is 0 Å². The first-order valence-corrected chi connectivity index (χ1v) is 6.60. The topological polar surface area (TPSA) is 72.8 Å². The molecule has 0 bridgehead atoms. The van der Waals surface area contributed by atoms with E-state index in [4.69, 9.17) is 9.47 Å². The molecule has 3 rings (SSSR count). The quantitative estimate of drug-likeness (QED) is 0.843. The van der Waals surface area contributed by atoms with Crippen LogP contribution in [0.25, 0.3) is 5.57 Å². The van der Waals surface area contributed by atoms with Gasteiger partial charge in [-0.2, -0.15) is 0 Å². The number of carbonyl (C=O) groups is 2. The minimum atomic E-state index is -0.572. The SMILES string of the molecule is COC(=O)C1=C(O)C[C@H]([C@@H]2C=CC(=O)O2)c2ccccc21. The molecular formula is C16H14O5. The minimum Gasteiger partial charge on any atom is -0.511 e. The van der Waals surface area contributed by atoms with E-state index in [0.29, 0.717) is 5.56 Å². The number of methoxy groups -OCH3 is 1. The van der Waals surface area contributed by atoms with Crippen LogP contribution in [-0.2, 0) is 19.1 Å². The van der Waals surface area contributed by atoms with E-state index in [-0.39, 0.29) is 29.6 Å². The van der Waals surface area contributed by atoms with Crippen molar-refractivity contribution in [2.45, 2.75) is 18.4 Å². The van der Waals surface area contributed by atoms with Gasteiger partial charge in [0.25, 0.3) is 0 Å². The van der Waals surface area contributed by atoms with Crippen LogP contribution >= 0.6 is 0 Å². The van der Waals surface area contributed by atoms with E-state index in [1.165, 1.54) is 13.2 Å². The largest absolute Gasteiger partial charge is 0.511 e. The summed E-state index contributed by atoms with van der Waals surface area (Å²) < 4.78 is 9.97. The molecule has 0 aromatic heterocycles. The Balaban J connectivity index is 2.06. The van der Waals surface area contributed by atoms with E-state index in [1.54, 1.807) is 18.2 Å². The van der Waals surface area contributed by atoms with Crippen LogP contribution in [-0.4, -0.2) is 30.3 Å². The minimum absolute atomic E-state index is 0.0399. The summed E-state index contributed by atoms with van der Waals surface area (Å²) in [4.78, 5) is 23.1. The smallest absolute Gasteiger partial charge is 0.341 e. The number of carbonyl (C=O) groups excluding carboxylic acids is 2. The van der Waals surface area contributed by atoms with Gasteiger partial charge in [0.05, 0.1) is 7.11 Å². The fraction of sp³-hybridized carbons (Fsp3) is 0.250. The molecule has 21 heavy (non-hydrogen) atoms. The molecule has 0 spiro atoms. The van der Waals surface area contributed by atoms with Gasteiger partial charge in [0.2, 0.25) is 0 Å². The summed E-state index contributed by atoms with van der Waals surface area (Å²) in [5.74, 6) is -1.21. The molecule has 1 aromatic carbocycles. The highest BCUT2D eigenvalue weighted by Gasteiger charge is 2.36. The van der Waals surface area contributed by atoms with E-state index in [9.17, 15) is 14.7 Å². The molecule has 1 aliphatic heterocycles. The standard InChI is InChI=1S/C16H14O5/c1-20-16(19)15-10-5-3-2-4-9(10)11(8-12(15)17)13-6-7-14(18)21-13/h2-7,11,13,17H,8H2,1H3/t11-,13-/m0/s1. The third-order valence-corrected chi connectivity index (χ3v) is 3.79. The molecule has 2 atom stereocenters. The zero-order valence-corrected chi connectivity index (χ0v) is 11.4. The van der Waals surface area contributed by atoms with Gasteiger partial charge in [-0.1, -0.05) is 24.3 Å². The van der Waals surface area contributed by atoms with Crippen molar-refractivity contribution >= 4 is 17.5 Å². The van der Waals surface area contributed by atoms with E-state index in [2.05, 4.69) is 0 Å². The Morgan fingerprint density at radius 2 is 2.14 bits per heavy atom. The Morgan fingerprint density at radius 1 is 1.38 bits per heavy atom. The maximum Gasteiger partial charge on any atom is 0.341 e. The summed E-state index contributed by atoms with van der Waals surface area (Å²) in [6, 6.07) is 7.26. The Morgan fingerprint density at radius 3 is 2.81 bits per heavy atom. The number of hydrogen-bond donors (Lipinski definition) is 1. The predicted molar refractivity (Wildman–Crippen MR) is 74.4 cm³/mol. The van der Waals surface area contributed by atoms with Crippen molar-refractivity contribution in [1.29, 1.82) is 0 Å². The maximum absolute atomic E-state index is 11.9. The van der Waals surface area contributed by atoms with Crippen LogP contribution in [0.15, 0.2) is 42.2 Å². The zero-order valence-electron chi connectivity index (χ0n) is 11.4. The van der Waals surface area contributed by atoms with Crippen molar-refractivity contribution in [2.75, 3.05) is 7.11 Å². The molecule has 1 aromatic rings. The number of aliphatic hydroxyl groups excluding tert-OH is 1. The molecule has 0 amide bonds. The number of hydrogen-bond acceptors (Lipinski definition) is 5. The lowest BCUT2D eigenvalue weighted by atomic mass is 9.79. The van der Waals surface area contributed by atoms with Crippen molar-refractivity contribution in [3.05, 3.63) is 53.3 Å². The van der Waals surface area contributed by atoms with Crippen LogP contribution < -0.4 is 0 Å². The van der Waals surface area contributed by atoms with Crippen molar-refractivity contribution in [3.8, 4) is 0 Å². The number of esters is 2. The molecule has 0 unspecified atom stereocenters. The summed E-state index contributed by atoms with van der Waals surface area (Å²) in [5, 5.41) is 10.2. The van der Waals surface area contributed by atoms with Gasteiger partial charge in [0, 0.05) is 18.4 Å². The van der Waals surface area contributed by atoms with E-state index >= 15 is 0 Å². The second kappa shape index (κ2) is 5.09. The lowest BCUT2D eigenvalue weighted by Crippen LogP contribution is -2.25. The number of ether oxygens (including phenoxy) is 2. The first kappa shape index (κ1) is 13.4. The molecule has 0 fully saturated rings. The normalized spacial score (nSPS) is 23.8. The first-order chi connectivity index (χ1) is 10.1. The lowest BCUT2D eigenvalue weighted by molar-refractivity contribution is -0.139. The second-order valence-corrected chi connectivity index (χ2v) is 4.97.